The van der Waals surface area contributed by atoms with Crippen LogP contribution in [0, 0.1) is 12.8 Å². The molecule has 0 saturated carbocycles. The van der Waals surface area contributed by atoms with E-state index in [4.69, 9.17) is 5.11 Å². The number of fused-ring (bicyclic) bond motifs is 1. The summed E-state index contributed by atoms with van der Waals surface area (Å²) in [5.74, 6) is -0.965. The summed E-state index contributed by atoms with van der Waals surface area (Å²) < 4.78 is 1.10. The quantitative estimate of drug-likeness (QED) is 0.859. The van der Waals surface area contributed by atoms with Gasteiger partial charge in [0, 0.05) is 17.7 Å². The Hall–Kier alpha value is -1.88. The number of carboxylic acids is 1. The van der Waals surface area contributed by atoms with Gasteiger partial charge in [0.2, 0.25) is 0 Å². The fourth-order valence-corrected chi connectivity index (χ4v) is 3.44. The van der Waals surface area contributed by atoms with Crippen molar-refractivity contribution in [3.63, 3.8) is 0 Å². The maximum absolute atomic E-state index is 12.3. The molecule has 112 valence electrons. The Kier molecular flexibility index (Phi) is 4.96. The van der Waals surface area contributed by atoms with Gasteiger partial charge < -0.3 is 10.4 Å². The van der Waals surface area contributed by atoms with Gasteiger partial charge in [0.1, 0.15) is 0 Å². The zero-order chi connectivity index (χ0) is 15.4. The first-order valence-corrected chi connectivity index (χ1v) is 7.82. The van der Waals surface area contributed by atoms with Crippen molar-refractivity contribution in [2.24, 2.45) is 5.92 Å². The van der Waals surface area contributed by atoms with Crippen molar-refractivity contribution < 1.29 is 14.7 Å². The zero-order valence-corrected chi connectivity index (χ0v) is 13.0. The number of hydrogen-bond acceptors (Lipinski definition) is 3. The van der Waals surface area contributed by atoms with Gasteiger partial charge in [-0.25, -0.2) is 0 Å². The molecule has 0 aliphatic rings. The van der Waals surface area contributed by atoms with Gasteiger partial charge in [-0.3, -0.25) is 9.59 Å². The Labute approximate surface area is 127 Å². The highest BCUT2D eigenvalue weighted by atomic mass is 32.1. The second kappa shape index (κ2) is 6.72. The topological polar surface area (TPSA) is 66.4 Å². The van der Waals surface area contributed by atoms with E-state index in [0.29, 0.717) is 11.4 Å². The molecule has 0 bridgehead atoms. The van der Waals surface area contributed by atoms with Crippen LogP contribution in [-0.4, -0.2) is 23.5 Å². The predicted octanol–water partition coefficient (Wildman–Crippen LogP) is 3.44. The molecule has 1 aromatic heterocycles. The number of nitrogens with one attached hydrogen (secondary N) is 1. The van der Waals surface area contributed by atoms with E-state index in [9.17, 15) is 9.59 Å². The third kappa shape index (κ3) is 3.61. The molecule has 1 atom stereocenters. The van der Waals surface area contributed by atoms with Gasteiger partial charge in [-0.05, 0) is 29.9 Å². The molecule has 4 nitrogen and oxygen atoms in total. The van der Waals surface area contributed by atoms with E-state index < -0.39 is 5.97 Å². The van der Waals surface area contributed by atoms with E-state index in [1.54, 1.807) is 0 Å². The highest BCUT2D eigenvalue weighted by molar-refractivity contribution is 7.21. The third-order valence-electron chi connectivity index (χ3n) is 3.64. The number of aliphatic carboxylic acids is 1. The van der Waals surface area contributed by atoms with Crippen molar-refractivity contribution in [2.75, 3.05) is 6.54 Å². The third-order valence-corrected chi connectivity index (χ3v) is 4.91. The standard InChI is InChI=1S/C16H19NO3S/c1-3-11(8-14(18)19)9-17-16(20)15-10(2)12-6-4-5-7-13(12)21-15/h4-7,11H,3,8-9H2,1-2H3,(H,17,20)(H,18,19). The van der Waals surface area contributed by atoms with E-state index in [-0.39, 0.29) is 18.2 Å². The Balaban J connectivity index is 2.08. The van der Waals surface area contributed by atoms with Crippen LogP contribution in [0.4, 0.5) is 0 Å². The SMILES string of the molecule is CCC(CNC(=O)c1sc2ccccc2c1C)CC(=O)O. The number of carboxylic acid groups (broad SMARTS) is 1. The van der Waals surface area contributed by atoms with Crippen molar-refractivity contribution in [2.45, 2.75) is 26.7 Å². The second-order valence-electron chi connectivity index (χ2n) is 5.13. The minimum Gasteiger partial charge on any atom is -0.481 e. The number of thiophene rings is 1. The lowest BCUT2D eigenvalue weighted by Gasteiger charge is -2.13. The largest absolute Gasteiger partial charge is 0.481 e. The smallest absolute Gasteiger partial charge is 0.303 e. The number of rotatable bonds is 6. The lowest BCUT2D eigenvalue weighted by molar-refractivity contribution is -0.138. The van der Waals surface area contributed by atoms with Gasteiger partial charge in [0.25, 0.3) is 5.91 Å². The molecule has 2 aromatic rings. The number of hydrogen-bond donors (Lipinski definition) is 2. The fourth-order valence-electron chi connectivity index (χ4n) is 2.32. The summed E-state index contributed by atoms with van der Waals surface area (Å²) in [4.78, 5) is 23.7. The molecule has 0 fully saturated rings. The first-order chi connectivity index (χ1) is 10.0. The van der Waals surface area contributed by atoms with Crippen molar-refractivity contribution in [1.29, 1.82) is 0 Å². The van der Waals surface area contributed by atoms with E-state index >= 15 is 0 Å². The minimum atomic E-state index is -0.825. The van der Waals surface area contributed by atoms with E-state index in [1.807, 2.05) is 38.1 Å². The van der Waals surface area contributed by atoms with Crippen molar-refractivity contribution >= 4 is 33.3 Å². The van der Waals surface area contributed by atoms with Crippen molar-refractivity contribution in [3.05, 3.63) is 34.7 Å². The Morgan fingerprint density at radius 2 is 2.05 bits per heavy atom. The molecule has 1 heterocycles. The second-order valence-corrected chi connectivity index (χ2v) is 6.19. The summed E-state index contributed by atoms with van der Waals surface area (Å²) in [6.45, 7) is 4.28. The van der Waals surface area contributed by atoms with E-state index in [0.717, 1.165) is 22.1 Å². The molecular weight excluding hydrogens is 286 g/mol. The van der Waals surface area contributed by atoms with Gasteiger partial charge in [-0.15, -0.1) is 11.3 Å². The summed E-state index contributed by atoms with van der Waals surface area (Å²) in [5.41, 5.74) is 0.986. The fraction of sp³-hybridized carbons (Fsp3) is 0.375. The van der Waals surface area contributed by atoms with Gasteiger partial charge in [-0.1, -0.05) is 31.5 Å². The molecule has 0 radical (unpaired) electrons. The molecular formula is C16H19NO3S. The monoisotopic (exact) mass is 305 g/mol. The highest BCUT2D eigenvalue weighted by Gasteiger charge is 2.17. The number of amides is 1. The average molecular weight is 305 g/mol. The maximum atomic E-state index is 12.3. The van der Waals surface area contributed by atoms with Crippen molar-refractivity contribution in [3.8, 4) is 0 Å². The molecule has 2 N–H and O–H groups in total. The number of aryl methyl sites for hydroxylation is 1. The van der Waals surface area contributed by atoms with Crippen LogP contribution >= 0.6 is 11.3 Å². The lowest BCUT2D eigenvalue weighted by Crippen LogP contribution is -2.30. The minimum absolute atomic E-state index is 0.0267. The maximum Gasteiger partial charge on any atom is 0.303 e. The Morgan fingerprint density at radius 1 is 1.33 bits per heavy atom. The van der Waals surface area contributed by atoms with Crippen LogP contribution in [-0.2, 0) is 4.79 Å². The van der Waals surface area contributed by atoms with Crippen LogP contribution in [0.3, 0.4) is 0 Å². The van der Waals surface area contributed by atoms with Gasteiger partial charge in [0.15, 0.2) is 0 Å². The molecule has 1 aromatic carbocycles. The number of carbonyl (C=O) groups is 2. The number of carbonyl (C=O) groups excluding carboxylic acids is 1. The molecule has 1 unspecified atom stereocenters. The first-order valence-electron chi connectivity index (χ1n) is 7.01. The predicted molar refractivity (Wildman–Crippen MR) is 84.9 cm³/mol. The van der Waals surface area contributed by atoms with E-state index in [1.165, 1.54) is 11.3 Å². The van der Waals surface area contributed by atoms with Gasteiger partial charge >= 0.3 is 5.97 Å². The molecule has 0 aliphatic carbocycles. The van der Waals surface area contributed by atoms with Crippen LogP contribution < -0.4 is 5.32 Å². The van der Waals surface area contributed by atoms with Gasteiger partial charge in [-0.2, -0.15) is 0 Å². The van der Waals surface area contributed by atoms with Crippen LogP contribution in [0.15, 0.2) is 24.3 Å². The highest BCUT2D eigenvalue weighted by Crippen LogP contribution is 2.30. The van der Waals surface area contributed by atoms with Crippen LogP contribution in [0.2, 0.25) is 0 Å². The molecule has 0 saturated heterocycles. The summed E-state index contributed by atoms with van der Waals surface area (Å²) in [6.07, 6.45) is 0.820. The molecule has 0 aliphatic heterocycles. The van der Waals surface area contributed by atoms with Crippen LogP contribution in [0.1, 0.15) is 35.0 Å². The summed E-state index contributed by atoms with van der Waals surface area (Å²) in [5, 5.41) is 12.8. The molecule has 1 amide bonds. The average Bonchev–Trinajstić information content (AvgIpc) is 2.80. The zero-order valence-electron chi connectivity index (χ0n) is 12.2. The number of benzene rings is 1. The molecule has 5 heteroatoms. The molecule has 2 rings (SSSR count). The van der Waals surface area contributed by atoms with Crippen molar-refractivity contribution in [1.82, 2.24) is 5.32 Å². The first kappa shape index (κ1) is 15.5. The van der Waals surface area contributed by atoms with Gasteiger partial charge in [0.05, 0.1) is 4.88 Å². The molecule has 0 spiro atoms. The van der Waals surface area contributed by atoms with Crippen LogP contribution in [0.25, 0.3) is 10.1 Å². The summed E-state index contributed by atoms with van der Waals surface area (Å²) in [6, 6.07) is 7.93. The Morgan fingerprint density at radius 3 is 2.67 bits per heavy atom. The molecule has 21 heavy (non-hydrogen) atoms. The summed E-state index contributed by atoms with van der Waals surface area (Å²) >= 11 is 1.48. The van der Waals surface area contributed by atoms with E-state index in [2.05, 4.69) is 5.32 Å². The lowest BCUT2D eigenvalue weighted by atomic mass is 10.0. The van der Waals surface area contributed by atoms with Crippen LogP contribution in [0.5, 0.6) is 0 Å². The normalized spacial score (nSPS) is 12.3. The Bertz CT molecular complexity index is 663. The summed E-state index contributed by atoms with van der Waals surface area (Å²) in [7, 11) is 0.